The Morgan fingerprint density at radius 3 is 1.85 bits per heavy atom. The van der Waals surface area contributed by atoms with Crippen molar-refractivity contribution in [1.82, 2.24) is 0 Å². The van der Waals surface area contributed by atoms with Gasteiger partial charge in [0, 0.05) is 0 Å². The molecule has 0 unspecified atom stereocenters. The van der Waals surface area contributed by atoms with E-state index in [-0.39, 0.29) is 0 Å². The minimum absolute atomic E-state index is 0.741. The third kappa shape index (κ3) is 2.06. The van der Waals surface area contributed by atoms with Crippen molar-refractivity contribution in [2.75, 3.05) is 0 Å². The average molecular weight is 282 g/mol. The Morgan fingerprint density at radius 2 is 1.25 bits per heavy atom. The second kappa shape index (κ2) is 4.69. The lowest BCUT2D eigenvalue weighted by Gasteiger charge is -2.08. The van der Waals surface area contributed by atoms with Crippen LogP contribution in [0.4, 0.5) is 0 Å². The number of rotatable bonds is 2. The molecule has 0 aromatic heterocycles. The second-order valence-electron chi connectivity index (χ2n) is 4.46. The largest absolute Gasteiger partial charge is 0.530 e. The van der Waals surface area contributed by atoms with Crippen LogP contribution in [0.1, 0.15) is 0 Å². The van der Waals surface area contributed by atoms with Crippen molar-refractivity contribution < 1.29 is 13.6 Å². The smallest absolute Gasteiger partial charge is 0.409 e. The Morgan fingerprint density at radius 1 is 0.700 bits per heavy atom. The minimum Gasteiger partial charge on any atom is -0.409 e. The normalized spacial score (nSPS) is 13.6. The first-order chi connectivity index (χ1) is 9.88. The van der Waals surface area contributed by atoms with Gasteiger partial charge in [0.25, 0.3) is 0 Å². The van der Waals surface area contributed by atoms with Crippen LogP contribution in [0.5, 0.6) is 17.2 Å². The summed E-state index contributed by atoms with van der Waals surface area (Å²) in [6, 6.07) is 21.6. The lowest BCUT2D eigenvalue weighted by Crippen LogP contribution is -1.93. The van der Waals surface area contributed by atoms with Gasteiger partial charge in [-0.25, -0.2) is 0 Å². The van der Waals surface area contributed by atoms with Crippen LogP contribution in [0.2, 0.25) is 0 Å². The first-order valence-electron chi connectivity index (χ1n) is 6.30. The van der Waals surface area contributed by atoms with E-state index in [1.54, 1.807) is 0 Å². The summed E-state index contributed by atoms with van der Waals surface area (Å²) in [5, 5.41) is 2.26. The molecule has 0 spiro atoms. The molecule has 0 bridgehead atoms. The molecule has 0 saturated heterocycles. The number of hydrogen-bond donors (Lipinski definition) is 0. The van der Waals surface area contributed by atoms with E-state index >= 15 is 0 Å². The molecular formula is C16H11O3P. The summed E-state index contributed by atoms with van der Waals surface area (Å²) in [5.41, 5.74) is 0. The van der Waals surface area contributed by atoms with Crippen molar-refractivity contribution in [3.8, 4) is 17.2 Å². The van der Waals surface area contributed by atoms with Crippen molar-refractivity contribution in [2.24, 2.45) is 0 Å². The molecule has 3 aromatic carbocycles. The van der Waals surface area contributed by atoms with Gasteiger partial charge in [0.05, 0.1) is 0 Å². The summed E-state index contributed by atoms with van der Waals surface area (Å²) in [5.74, 6) is 2.23. The summed E-state index contributed by atoms with van der Waals surface area (Å²) in [6.07, 6.45) is 0. The number of hydrogen-bond acceptors (Lipinski definition) is 3. The molecule has 0 fully saturated rings. The van der Waals surface area contributed by atoms with Crippen LogP contribution >= 0.6 is 8.60 Å². The van der Waals surface area contributed by atoms with E-state index in [0.29, 0.717) is 0 Å². The Bertz CT molecular complexity index is 714. The zero-order chi connectivity index (χ0) is 13.4. The molecule has 1 aliphatic heterocycles. The Kier molecular flexibility index (Phi) is 2.71. The predicted molar refractivity (Wildman–Crippen MR) is 79.2 cm³/mol. The molecule has 0 N–H and O–H groups in total. The van der Waals surface area contributed by atoms with Crippen LogP contribution in [-0.4, -0.2) is 0 Å². The van der Waals surface area contributed by atoms with Gasteiger partial charge in [0.1, 0.15) is 5.75 Å². The third-order valence-corrected chi connectivity index (χ3v) is 4.13. The van der Waals surface area contributed by atoms with Gasteiger partial charge < -0.3 is 13.6 Å². The maximum atomic E-state index is 5.74. The molecule has 0 saturated carbocycles. The van der Waals surface area contributed by atoms with E-state index in [2.05, 4.69) is 12.1 Å². The Hall–Kier alpha value is -2.25. The fourth-order valence-corrected chi connectivity index (χ4v) is 3.14. The van der Waals surface area contributed by atoms with Crippen LogP contribution in [0.15, 0.2) is 66.7 Å². The fourth-order valence-electron chi connectivity index (χ4n) is 2.13. The van der Waals surface area contributed by atoms with Gasteiger partial charge in [0.15, 0.2) is 11.5 Å². The first-order valence-corrected chi connectivity index (χ1v) is 7.40. The molecule has 4 heteroatoms. The maximum absolute atomic E-state index is 5.74. The zero-order valence-corrected chi connectivity index (χ0v) is 11.4. The monoisotopic (exact) mass is 282 g/mol. The summed E-state index contributed by atoms with van der Waals surface area (Å²) in [7, 11) is -1.41. The molecule has 20 heavy (non-hydrogen) atoms. The molecule has 3 nitrogen and oxygen atoms in total. The van der Waals surface area contributed by atoms with E-state index in [1.165, 1.54) is 0 Å². The minimum atomic E-state index is -1.41. The fraction of sp³-hybridized carbons (Fsp3) is 0. The van der Waals surface area contributed by atoms with Gasteiger partial charge in [-0.3, -0.25) is 0 Å². The molecule has 1 heterocycles. The molecule has 4 rings (SSSR count). The quantitative estimate of drug-likeness (QED) is 0.624. The number of fused-ring (bicyclic) bond motifs is 2. The lowest BCUT2D eigenvalue weighted by molar-refractivity contribution is 0.435. The average Bonchev–Trinajstić information content (AvgIpc) is 2.86. The standard InChI is InChI=1S/C16H11O3P/c1-2-8-14(9-3-1)17-20-18-15-10-12-6-4-5-7-13(12)11-16(15)19-20/h1-11H. The van der Waals surface area contributed by atoms with Gasteiger partial charge in [-0.15, -0.1) is 0 Å². The van der Waals surface area contributed by atoms with Crippen LogP contribution in [-0.2, 0) is 0 Å². The third-order valence-electron chi connectivity index (χ3n) is 3.08. The van der Waals surface area contributed by atoms with Crippen molar-refractivity contribution in [3.05, 3.63) is 66.7 Å². The molecule has 0 radical (unpaired) electrons. The van der Waals surface area contributed by atoms with Gasteiger partial charge in [-0.2, -0.15) is 0 Å². The molecule has 1 aliphatic rings. The molecular weight excluding hydrogens is 271 g/mol. The van der Waals surface area contributed by atoms with Crippen LogP contribution in [0.25, 0.3) is 10.8 Å². The highest BCUT2D eigenvalue weighted by atomic mass is 31.2. The Labute approximate surface area is 117 Å². The molecule has 0 aliphatic carbocycles. The molecule has 98 valence electrons. The van der Waals surface area contributed by atoms with E-state index in [1.807, 2.05) is 54.6 Å². The zero-order valence-electron chi connectivity index (χ0n) is 10.5. The summed E-state index contributed by atoms with van der Waals surface area (Å²) in [6.45, 7) is 0. The summed E-state index contributed by atoms with van der Waals surface area (Å²) >= 11 is 0. The topological polar surface area (TPSA) is 27.7 Å². The predicted octanol–water partition coefficient (Wildman–Crippen LogP) is 4.92. The van der Waals surface area contributed by atoms with E-state index in [0.717, 1.165) is 28.0 Å². The highest BCUT2D eigenvalue weighted by molar-refractivity contribution is 7.43. The van der Waals surface area contributed by atoms with Gasteiger partial charge >= 0.3 is 8.60 Å². The van der Waals surface area contributed by atoms with Crippen molar-refractivity contribution in [1.29, 1.82) is 0 Å². The van der Waals surface area contributed by atoms with Crippen LogP contribution in [0, 0.1) is 0 Å². The van der Waals surface area contributed by atoms with E-state index in [9.17, 15) is 0 Å². The highest BCUT2D eigenvalue weighted by Gasteiger charge is 2.30. The Balaban J connectivity index is 1.61. The van der Waals surface area contributed by atoms with Crippen molar-refractivity contribution >= 4 is 19.4 Å². The van der Waals surface area contributed by atoms with E-state index < -0.39 is 8.60 Å². The molecule has 0 atom stereocenters. The van der Waals surface area contributed by atoms with Crippen LogP contribution < -0.4 is 13.6 Å². The van der Waals surface area contributed by atoms with E-state index in [4.69, 9.17) is 13.6 Å². The maximum Gasteiger partial charge on any atom is 0.530 e. The van der Waals surface area contributed by atoms with Crippen LogP contribution in [0.3, 0.4) is 0 Å². The summed E-state index contributed by atoms with van der Waals surface area (Å²) < 4.78 is 17.2. The molecule has 3 aromatic rings. The number of benzene rings is 3. The second-order valence-corrected chi connectivity index (χ2v) is 5.45. The number of para-hydroxylation sites is 1. The molecule has 0 amide bonds. The summed E-state index contributed by atoms with van der Waals surface area (Å²) in [4.78, 5) is 0. The van der Waals surface area contributed by atoms with Crippen molar-refractivity contribution in [3.63, 3.8) is 0 Å². The van der Waals surface area contributed by atoms with Gasteiger partial charge in [-0.05, 0) is 35.0 Å². The SMILES string of the molecule is c1ccc(OP2Oc3cc4ccccc4cc3O2)cc1. The first kappa shape index (κ1) is 11.6. The van der Waals surface area contributed by atoms with Gasteiger partial charge in [0.2, 0.25) is 0 Å². The lowest BCUT2D eigenvalue weighted by atomic mass is 10.1. The highest BCUT2D eigenvalue weighted by Crippen LogP contribution is 2.53. The van der Waals surface area contributed by atoms with Gasteiger partial charge in [-0.1, -0.05) is 42.5 Å². The van der Waals surface area contributed by atoms with Crippen molar-refractivity contribution in [2.45, 2.75) is 0 Å².